The van der Waals surface area contributed by atoms with E-state index in [2.05, 4.69) is 4.98 Å². The zero-order chi connectivity index (χ0) is 6.97. The molecule has 1 aromatic heterocycles. The molecule has 0 spiro atoms. The van der Waals surface area contributed by atoms with Gasteiger partial charge in [0, 0.05) is 5.58 Å². The summed E-state index contributed by atoms with van der Waals surface area (Å²) in [6.45, 7) is 0. The van der Waals surface area contributed by atoms with Gasteiger partial charge in [0.15, 0.2) is 6.08 Å². The van der Waals surface area contributed by atoms with Crippen molar-refractivity contribution in [3.8, 4) is 6.08 Å². The molecule has 2 aromatic rings. The molecule has 0 amide bonds. The molecule has 0 fully saturated rings. The highest BCUT2D eigenvalue weighted by atomic mass is 16.5. The minimum atomic E-state index is -0.527. The zero-order valence-electron chi connectivity index (χ0n) is 5.07. The SMILES string of the molecule is [O-]c1nc2ccccc2o1. The van der Waals surface area contributed by atoms with Crippen molar-refractivity contribution in [2.75, 3.05) is 0 Å². The Morgan fingerprint density at radius 3 is 2.90 bits per heavy atom. The van der Waals surface area contributed by atoms with Gasteiger partial charge in [0.2, 0.25) is 0 Å². The zero-order valence-corrected chi connectivity index (χ0v) is 5.07. The number of oxazole rings is 1. The van der Waals surface area contributed by atoms with E-state index >= 15 is 0 Å². The molecule has 2 rings (SSSR count). The number of para-hydroxylation sites is 2. The van der Waals surface area contributed by atoms with Crippen LogP contribution in [0.1, 0.15) is 0 Å². The maximum Gasteiger partial charge on any atom is 0.156 e. The van der Waals surface area contributed by atoms with E-state index in [9.17, 15) is 5.11 Å². The molecule has 0 aliphatic rings. The molecule has 0 N–H and O–H groups in total. The van der Waals surface area contributed by atoms with E-state index in [4.69, 9.17) is 4.42 Å². The Morgan fingerprint density at radius 1 is 1.30 bits per heavy atom. The van der Waals surface area contributed by atoms with Crippen LogP contribution in [-0.2, 0) is 0 Å². The van der Waals surface area contributed by atoms with Crippen LogP contribution in [0.3, 0.4) is 0 Å². The normalized spacial score (nSPS) is 10.4. The molecule has 0 saturated heterocycles. The van der Waals surface area contributed by atoms with Gasteiger partial charge >= 0.3 is 0 Å². The summed E-state index contributed by atoms with van der Waals surface area (Å²) >= 11 is 0. The van der Waals surface area contributed by atoms with Gasteiger partial charge in [-0.1, -0.05) is 12.1 Å². The standard InChI is InChI=1S/C7H5NO2/c9-7-8-5-3-1-2-4-6(5)10-7/h1-4H,(H,8,9)/p-1. The molecule has 0 unspecified atom stereocenters. The first kappa shape index (κ1) is 5.29. The van der Waals surface area contributed by atoms with Gasteiger partial charge in [-0.15, -0.1) is 0 Å². The Morgan fingerprint density at radius 2 is 2.10 bits per heavy atom. The number of aromatic nitrogens is 1. The first-order valence-electron chi connectivity index (χ1n) is 2.89. The second-order valence-electron chi connectivity index (χ2n) is 1.95. The van der Waals surface area contributed by atoms with E-state index in [1.807, 2.05) is 6.07 Å². The number of benzene rings is 1. The molecule has 10 heavy (non-hydrogen) atoms. The average Bonchev–Trinajstić information content (AvgIpc) is 2.27. The smallest absolute Gasteiger partial charge is 0.156 e. The van der Waals surface area contributed by atoms with Crippen molar-refractivity contribution in [1.29, 1.82) is 0 Å². The summed E-state index contributed by atoms with van der Waals surface area (Å²) in [7, 11) is 0. The molecule has 3 nitrogen and oxygen atoms in total. The number of fused-ring (bicyclic) bond motifs is 1. The van der Waals surface area contributed by atoms with Crippen molar-refractivity contribution in [2.45, 2.75) is 0 Å². The lowest BCUT2D eigenvalue weighted by Crippen LogP contribution is -1.86. The summed E-state index contributed by atoms with van der Waals surface area (Å²) in [6, 6.07) is 7.06. The van der Waals surface area contributed by atoms with E-state index in [0.29, 0.717) is 11.1 Å². The highest BCUT2D eigenvalue weighted by Crippen LogP contribution is 2.15. The van der Waals surface area contributed by atoms with Gasteiger partial charge in [0.05, 0.1) is 5.52 Å². The third-order valence-electron chi connectivity index (χ3n) is 1.27. The summed E-state index contributed by atoms with van der Waals surface area (Å²) in [5.41, 5.74) is 1.17. The third kappa shape index (κ3) is 0.639. The number of rotatable bonds is 0. The number of hydrogen-bond donors (Lipinski definition) is 0. The lowest BCUT2D eigenvalue weighted by molar-refractivity contribution is -0.299. The van der Waals surface area contributed by atoms with Gasteiger partial charge in [-0.05, 0) is 12.1 Å². The quantitative estimate of drug-likeness (QED) is 0.537. The second kappa shape index (κ2) is 1.73. The Hall–Kier alpha value is -1.51. The second-order valence-corrected chi connectivity index (χ2v) is 1.95. The van der Waals surface area contributed by atoms with Gasteiger partial charge in [-0.2, -0.15) is 0 Å². The van der Waals surface area contributed by atoms with Gasteiger partial charge in [-0.25, -0.2) is 4.98 Å². The minimum Gasteiger partial charge on any atom is -0.564 e. The first-order valence-corrected chi connectivity index (χ1v) is 2.89. The van der Waals surface area contributed by atoms with Crippen molar-refractivity contribution in [3.63, 3.8) is 0 Å². The minimum absolute atomic E-state index is 0.527. The molecule has 0 atom stereocenters. The van der Waals surface area contributed by atoms with Crippen LogP contribution in [-0.4, -0.2) is 4.98 Å². The fourth-order valence-corrected chi connectivity index (χ4v) is 0.851. The molecule has 0 aliphatic heterocycles. The molecular formula is C7H4NO2-. The highest BCUT2D eigenvalue weighted by Gasteiger charge is 1.90. The van der Waals surface area contributed by atoms with Crippen LogP contribution < -0.4 is 5.11 Å². The van der Waals surface area contributed by atoms with E-state index in [1.54, 1.807) is 18.2 Å². The molecule has 3 heteroatoms. The molecule has 0 bridgehead atoms. The van der Waals surface area contributed by atoms with E-state index < -0.39 is 6.08 Å². The van der Waals surface area contributed by atoms with Crippen LogP contribution in [0.15, 0.2) is 28.7 Å². The van der Waals surface area contributed by atoms with Crippen molar-refractivity contribution in [3.05, 3.63) is 24.3 Å². The predicted molar refractivity (Wildman–Crippen MR) is 33.5 cm³/mol. The number of hydrogen-bond acceptors (Lipinski definition) is 3. The largest absolute Gasteiger partial charge is 0.564 e. The average molecular weight is 134 g/mol. The molecule has 1 heterocycles. The van der Waals surface area contributed by atoms with E-state index in [0.717, 1.165) is 0 Å². The maximum atomic E-state index is 10.5. The monoisotopic (exact) mass is 134 g/mol. The van der Waals surface area contributed by atoms with Gasteiger partial charge in [0.1, 0.15) is 0 Å². The van der Waals surface area contributed by atoms with Crippen molar-refractivity contribution in [1.82, 2.24) is 4.98 Å². The van der Waals surface area contributed by atoms with Crippen molar-refractivity contribution >= 4 is 11.1 Å². The lowest BCUT2D eigenvalue weighted by atomic mass is 10.3. The number of nitrogens with zero attached hydrogens (tertiary/aromatic N) is 1. The summed E-state index contributed by atoms with van der Waals surface area (Å²) in [6.07, 6.45) is -0.527. The van der Waals surface area contributed by atoms with Crippen molar-refractivity contribution < 1.29 is 9.52 Å². The molecule has 0 saturated carbocycles. The molecule has 0 radical (unpaired) electrons. The van der Waals surface area contributed by atoms with Gasteiger partial charge < -0.3 is 9.52 Å². The Bertz CT molecular complexity index is 320. The summed E-state index contributed by atoms with van der Waals surface area (Å²) in [5.74, 6) is 0. The van der Waals surface area contributed by atoms with Gasteiger partial charge in [-0.3, -0.25) is 0 Å². The Labute approximate surface area is 56.9 Å². The lowest BCUT2D eigenvalue weighted by Gasteiger charge is -1.87. The summed E-state index contributed by atoms with van der Waals surface area (Å²) in [4.78, 5) is 3.59. The van der Waals surface area contributed by atoms with Crippen LogP contribution in [0, 0.1) is 0 Å². The van der Waals surface area contributed by atoms with Crippen LogP contribution in [0.5, 0.6) is 6.08 Å². The van der Waals surface area contributed by atoms with E-state index in [-0.39, 0.29) is 0 Å². The Balaban J connectivity index is 2.88. The van der Waals surface area contributed by atoms with Crippen LogP contribution in [0.4, 0.5) is 0 Å². The highest BCUT2D eigenvalue weighted by molar-refractivity contribution is 5.72. The van der Waals surface area contributed by atoms with E-state index in [1.165, 1.54) is 0 Å². The molecule has 1 aromatic carbocycles. The summed E-state index contributed by atoms with van der Waals surface area (Å²) in [5, 5.41) is 10.5. The van der Waals surface area contributed by atoms with Gasteiger partial charge in [0.25, 0.3) is 0 Å². The fourth-order valence-electron chi connectivity index (χ4n) is 0.851. The molecule has 0 aliphatic carbocycles. The predicted octanol–water partition coefficient (Wildman–Crippen LogP) is 0.901. The maximum absolute atomic E-state index is 10.5. The summed E-state index contributed by atoms with van der Waals surface area (Å²) < 4.78 is 4.70. The Kier molecular flexibility index (Phi) is 0.917. The van der Waals surface area contributed by atoms with Crippen LogP contribution >= 0.6 is 0 Å². The molecule has 50 valence electrons. The fraction of sp³-hybridized carbons (Fsp3) is 0. The third-order valence-corrected chi connectivity index (χ3v) is 1.27. The molecular weight excluding hydrogens is 130 g/mol. The van der Waals surface area contributed by atoms with Crippen molar-refractivity contribution in [2.24, 2.45) is 0 Å². The first-order chi connectivity index (χ1) is 4.86. The van der Waals surface area contributed by atoms with Crippen LogP contribution in [0.2, 0.25) is 0 Å². The topological polar surface area (TPSA) is 49.1 Å². The van der Waals surface area contributed by atoms with Crippen LogP contribution in [0.25, 0.3) is 11.1 Å².